The van der Waals surface area contributed by atoms with Gasteiger partial charge in [-0.15, -0.1) is 0 Å². The van der Waals surface area contributed by atoms with Crippen LogP contribution in [0.4, 0.5) is 0 Å². The van der Waals surface area contributed by atoms with Crippen LogP contribution in [-0.4, -0.2) is 151 Å². The van der Waals surface area contributed by atoms with Gasteiger partial charge >= 0.3 is 0 Å². The minimum absolute atomic E-state index is 0.0554. The Morgan fingerprint density at radius 3 is 1.49 bits per heavy atom. The zero-order valence-corrected chi connectivity index (χ0v) is 35.2. The third-order valence-electron chi connectivity index (χ3n) is 10.3. The van der Waals surface area contributed by atoms with Gasteiger partial charge in [0, 0.05) is 51.9 Å². The molecule has 2 aliphatic rings. The van der Waals surface area contributed by atoms with E-state index < -0.39 is 0 Å². The quantitative estimate of drug-likeness (QED) is 0.0762. The van der Waals surface area contributed by atoms with Crippen molar-refractivity contribution in [3.05, 3.63) is 0 Å². The minimum Gasteiger partial charge on any atom is -0.379 e. The molecule has 0 unspecified atom stereocenters. The summed E-state index contributed by atoms with van der Waals surface area (Å²) in [5, 5.41) is 0. The van der Waals surface area contributed by atoms with Gasteiger partial charge in [-0.05, 0) is 99.0 Å². The van der Waals surface area contributed by atoms with E-state index in [1.807, 2.05) is 0 Å². The highest BCUT2D eigenvalue weighted by atomic mass is 16.6. The topological polar surface area (TPSA) is 80.3 Å². The van der Waals surface area contributed by atoms with Crippen LogP contribution in [0.2, 0.25) is 0 Å². The summed E-state index contributed by atoms with van der Waals surface area (Å²) in [5.41, 5.74) is -0.353. The van der Waals surface area contributed by atoms with Crippen molar-refractivity contribution in [1.29, 1.82) is 0 Å². The lowest BCUT2D eigenvalue weighted by molar-refractivity contribution is -0.151. The lowest BCUT2D eigenvalue weighted by Gasteiger charge is -2.42. The fraction of sp³-hybridized carbons (Fsp3) is 1.00. The smallest absolute Gasteiger partial charge is 0.0707 e. The standard InChI is InChI=1S/C41H82N2O8/c1-35(41(10,11)50-32-31-47-30-29-46-28-27-45-26-25-44-23-15-38(2,3)4)40(8,9)49-22-14-12-13-16-42-17-19-43(20-18-42)21-24-48-36-33-37(34-36)51-39(5,6)7/h35-37H,12-34H2,1-11H3/t35-,36?,37?/m0/s1. The first-order valence-corrected chi connectivity index (χ1v) is 20.3. The molecular formula is C41H82N2O8. The van der Waals surface area contributed by atoms with Crippen LogP contribution in [0.5, 0.6) is 0 Å². The largest absolute Gasteiger partial charge is 0.379 e. The maximum atomic E-state index is 6.43. The molecule has 10 heteroatoms. The summed E-state index contributed by atoms with van der Waals surface area (Å²) in [5.74, 6) is 0.215. The van der Waals surface area contributed by atoms with Gasteiger partial charge in [-0.1, -0.05) is 27.7 Å². The number of unbranched alkanes of at least 4 members (excludes halogenated alkanes) is 2. The molecule has 0 aromatic carbocycles. The average molecular weight is 731 g/mol. The first-order chi connectivity index (χ1) is 24.0. The normalized spacial score (nSPS) is 20.5. The molecule has 1 aliphatic carbocycles. The zero-order chi connectivity index (χ0) is 37.8. The van der Waals surface area contributed by atoms with Crippen LogP contribution in [0.15, 0.2) is 0 Å². The molecule has 0 aromatic heterocycles. The van der Waals surface area contributed by atoms with Gasteiger partial charge in [-0.2, -0.15) is 0 Å². The van der Waals surface area contributed by atoms with Crippen molar-refractivity contribution in [2.75, 3.05) is 112 Å². The van der Waals surface area contributed by atoms with Crippen molar-refractivity contribution in [2.45, 2.75) is 144 Å². The van der Waals surface area contributed by atoms with Gasteiger partial charge in [-0.3, -0.25) is 4.90 Å². The van der Waals surface area contributed by atoms with Gasteiger partial charge in [-0.25, -0.2) is 0 Å². The van der Waals surface area contributed by atoms with Gasteiger partial charge in [0.05, 0.1) is 88.5 Å². The lowest BCUT2D eigenvalue weighted by Crippen LogP contribution is -2.48. The molecule has 1 heterocycles. The second-order valence-electron chi connectivity index (χ2n) is 17.9. The molecule has 1 atom stereocenters. The Morgan fingerprint density at radius 2 is 0.980 bits per heavy atom. The van der Waals surface area contributed by atoms with Crippen LogP contribution >= 0.6 is 0 Å². The number of ether oxygens (including phenoxy) is 8. The third kappa shape index (κ3) is 22.5. The number of hydrogen-bond donors (Lipinski definition) is 0. The van der Waals surface area contributed by atoms with E-state index in [1.54, 1.807) is 0 Å². The number of nitrogens with zero attached hydrogens (tertiary/aromatic N) is 2. The highest BCUT2D eigenvalue weighted by Gasteiger charge is 2.39. The second kappa shape index (κ2) is 24.2. The fourth-order valence-corrected chi connectivity index (χ4v) is 6.38. The van der Waals surface area contributed by atoms with Crippen molar-refractivity contribution in [1.82, 2.24) is 9.80 Å². The van der Waals surface area contributed by atoms with Crippen LogP contribution < -0.4 is 0 Å². The van der Waals surface area contributed by atoms with Crippen molar-refractivity contribution < 1.29 is 37.9 Å². The Kier molecular flexibility index (Phi) is 22.2. The van der Waals surface area contributed by atoms with E-state index in [9.17, 15) is 0 Å². The molecular weight excluding hydrogens is 648 g/mol. The highest BCUT2D eigenvalue weighted by molar-refractivity contribution is 4.89. The van der Waals surface area contributed by atoms with E-state index in [1.165, 1.54) is 19.4 Å². The molecule has 10 nitrogen and oxygen atoms in total. The van der Waals surface area contributed by atoms with Crippen molar-refractivity contribution in [3.63, 3.8) is 0 Å². The molecule has 1 saturated carbocycles. The third-order valence-corrected chi connectivity index (χ3v) is 10.3. The van der Waals surface area contributed by atoms with Crippen molar-refractivity contribution in [2.24, 2.45) is 11.3 Å². The molecule has 51 heavy (non-hydrogen) atoms. The van der Waals surface area contributed by atoms with Gasteiger partial charge in [0.25, 0.3) is 0 Å². The Balaban J connectivity index is 1.40. The summed E-state index contributed by atoms with van der Waals surface area (Å²) >= 11 is 0. The van der Waals surface area contributed by atoms with E-state index in [0.29, 0.717) is 70.5 Å². The lowest BCUT2D eigenvalue weighted by atomic mass is 9.80. The van der Waals surface area contributed by atoms with Crippen LogP contribution in [0.3, 0.4) is 0 Å². The average Bonchev–Trinajstić information content (AvgIpc) is 3.02. The van der Waals surface area contributed by atoms with E-state index in [4.69, 9.17) is 37.9 Å². The van der Waals surface area contributed by atoms with Crippen LogP contribution in [0, 0.1) is 11.3 Å². The molecule has 0 amide bonds. The molecule has 1 saturated heterocycles. The number of rotatable bonds is 29. The van der Waals surface area contributed by atoms with Crippen molar-refractivity contribution >= 4 is 0 Å². The molecule has 0 radical (unpaired) electrons. The van der Waals surface area contributed by atoms with Crippen LogP contribution in [0.25, 0.3) is 0 Å². The van der Waals surface area contributed by atoms with E-state index >= 15 is 0 Å². The fourth-order valence-electron chi connectivity index (χ4n) is 6.38. The molecule has 0 aromatic rings. The summed E-state index contributed by atoms with van der Waals surface area (Å²) in [4.78, 5) is 5.17. The molecule has 0 spiro atoms. The van der Waals surface area contributed by atoms with Crippen molar-refractivity contribution in [3.8, 4) is 0 Å². The molecule has 304 valence electrons. The SMILES string of the molecule is C[C@@H](C(C)(C)OCCCCCN1CCN(CCOC2CC(OC(C)(C)C)C2)CC1)C(C)(C)OCCOCCOCCOCCOCCC(C)(C)C. The molecule has 0 bridgehead atoms. The molecule has 1 aliphatic heterocycles. The summed E-state index contributed by atoms with van der Waals surface area (Å²) in [7, 11) is 0. The maximum Gasteiger partial charge on any atom is 0.0707 e. The molecule has 0 N–H and O–H groups in total. The van der Waals surface area contributed by atoms with Gasteiger partial charge in [0.1, 0.15) is 0 Å². The summed E-state index contributed by atoms with van der Waals surface area (Å²) < 4.78 is 47.3. The van der Waals surface area contributed by atoms with Gasteiger partial charge in [0.2, 0.25) is 0 Å². The first kappa shape index (κ1) is 46.8. The summed E-state index contributed by atoms with van der Waals surface area (Å²) in [6, 6.07) is 0. The number of hydrogen-bond acceptors (Lipinski definition) is 10. The molecule has 2 rings (SSSR count). The first-order valence-electron chi connectivity index (χ1n) is 20.3. The monoisotopic (exact) mass is 731 g/mol. The Labute approximate surface area is 314 Å². The Morgan fingerprint density at radius 1 is 0.510 bits per heavy atom. The predicted molar refractivity (Wildman–Crippen MR) is 207 cm³/mol. The zero-order valence-electron chi connectivity index (χ0n) is 35.2. The summed E-state index contributed by atoms with van der Waals surface area (Å²) in [6.07, 6.45) is 7.40. The molecule has 2 fully saturated rings. The minimum atomic E-state index is -0.327. The van der Waals surface area contributed by atoms with E-state index in [2.05, 4.69) is 86.0 Å². The Hall–Kier alpha value is -0.400. The second-order valence-corrected chi connectivity index (χ2v) is 17.9. The van der Waals surface area contributed by atoms with Gasteiger partial charge in [0.15, 0.2) is 0 Å². The van der Waals surface area contributed by atoms with Crippen LogP contribution in [0.1, 0.15) is 115 Å². The van der Waals surface area contributed by atoms with E-state index in [-0.39, 0.29) is 22.7 Å². The number of piperazine rings is 1. The maximum absolute atomic E-state index is 6.43. The van der Waals surface area contributed by atoms with Gasteiger partial charge < -0.3 is 42.8 Å². The highest BCUT2D eigenvalue weighted by Crippen LogP contribution is 2.33. The van der Waals surface area contributed by atoms with Crippen LogP contribution in [-0.2, 0) is 37.9 Å². The van der Waals surface area contributed by atoms with E-state index in [0.717, 1.165) is 78.2 Å². The summed E-state index contributed by atoms with van der Waals surface area (Å²) in [6.45, 7) is 37.7. The predicted octanol–water partition coefficient (Wildman–Crippen LogP) is 6.87. The Bertz CT molecular complexity index is 861.